The molecule has 0 fully saturated rings. The first-order chi connectivity index (χ1) is 8.79. The average Bonchev–Trinajstić information content (AvgIpc) is 2.36. The molecule has 0 unspecified atom stereocenters. The van der Waals surface area contributed by atoms with Crippen molar-refractivity contribution in [2.45, 2.75) is 37.6 Å². The summed E-state index contributed by atoms with van der Waals surface area (Å²) in [7, 11) is -3.81. The highest BCUT2D eigenvalue weighted by molar-refractivity contribution is 7.89. The molecule has 8 heteroatoms. The van der Waals surface area contributed by atoms with Crippen LogP contribution in [-0.2, 0) is 21.2 Å². The number of carbonyl (C=O) groups is 1. The van der Waals surface area contributed by atoms with Crippen LogP contribution < -0.4 is 16.2 Å². The third-order valence-electron chi connectivity index (χ3n) is 2.80. The molecule has 1 aromatic carbocycles. The summed E-state index contributed by atoms with van der Waals surface area (Å²) < 4.78 is 23.0. The number of anilines is 1. The lowest BCUT2D eigenvalue weighted by atomic mass is 10.1. The highest BCUT2D eigenvalue weighted by atomic mass is 35.5. The Kier molecular flexibility index (Phi) is 7.15. The van der Waals surface area contributed by atoms with Gasteiger partial charge in [-0.15, -0.1) is 12.4 Å². The first-order valence-corrected chi connectivity index (χ1v) is 7.56. The van der Waals surface area contributed by atoms with Crippen molar-refractivity contribution < 1.29 is 13.2 Å². The van der Waals surface area contributed by atoms with Crippen molar-refractivity contribution in [3.63, 3.8) is 0 Å². The van der Waals surface area contributed by atoms with Gasteiger partial charge in [-0.3, -0.25) is 4.79 Å². The second-order valence-electron chi connectivity index (χ2n) is 4.23. The highest BCUT2D eigenvalue weighted by Gasteiger charge is 2.16. The third kappa shape index (κ3) is 4.75. The lowest BCUT2D eigenvalue weighted by molar-refractivity contribution is -0.117. The zero-order valence-corrected chi connectivity index (χ0v) is 13.1. The van der Waals surface area contributed by atoms with Gasteiger partial charge in [0.15, 0.2) is 0 Å². The van der Waals surface area contributed by atoms with Crippen molar-refractivity contribution in [3.8, 4) is 0 Å². The first kappa shape index (κ1) is 18.9. The van der Waals surface area contributed by atoms with Crippen molar-refractivity contribution in [1.29, 1.82) is 0 Å². The molecular weight excluding hydrogens is 302 g/mol. The molecule has 1 atom stereocenters. The topological polar surface area (TPSA) is 115 Å². The average molecular weight is 322 g/mol. The minimum absolute atomic E-state index is 0. The third-order valence-corrected chi connectivity index (χ3v) is 3.79. The number of halogens is 1. The predicted molar refractivity (Wildman–Crippen MR) is 81.3 cm³/mol. The van der Waals surface area contributed by atoms with E-state index in [2.05, 4.69) is 5.32 Å². The Morgan fingerprint density at radius 2 is 1.95 bits per heavy atom. The van der Waals surface area contributed by atoms with E-state index in [0.717, 1.165) is 0 Å². The van der Waals surface area contributed by atoms with Gasteiger partial charge in [-0.1, -0.05) is 19.9 Å². The van der Waals surface area contributed by atoms with Crippen molar-refractivity contribution in [2.75, 3.05) is 5.32 Å². The zero-order valence-electron chi connectivity index (χ0n) is 11.4. The van der Waals surface area contributed by atoms with Crippen LogP contribution in [0.25, 0.3) is 0 Å². The molecule has 1 aromatic rings. The van der Waals surface area contributed by atoms with Gasteiger partial charge in [0, 0.05) is 5.69 Å². The van der Waals surface area contributed by atoms with Gasteiger partial charge in [-0.2, -0.15) is 0 Å². The number of hydrogen-bond donors (Lipinski definition) is 3. The summed E-state index contributed by atoms with van der Waals surface area (Å²) >= 11 is 0. The minimum atomic E-state index is -3.81. The maximum absolute atomic E-state index is 11.6. The molecule has 20 heavy (non-hydrogen) atoms. The Morgan fingerprint density at radius 1 is 1.35 bits per heavy atom. The fraction of sp³-hybridized carbons (Fsp3) is 0.417. The molecule has 0 radical (unpaired) electrons. The van der Waals surface area contributed by atoms with Crippen LogP contribution in [0.15, 0.2) is 23.1 Å². The monoisotopic (exact) mass is 321 g/mol. The molecule has 0 bridgehead atoms. The molecule has 0 aromatic heterocycles. The number of sulfonamides is 1. The van der Waals surface area contributed by atoms with Gasteiger partial charge in [0.2, 0.25) is 15.9 Å². The molecular formula is C12H20ClN3O3S. The first-order valence-electron chi connectivity index (χ1n) is 6.01. The number of aryl methyl sites for hydroxylation is 1. The number of primary sulfonamides is 1. The van der Waals surface area contributed by atoms with Crippen molar-refractivity contribution in [2.24, 2.45) is 10.9 Å². The largest absolute Gasteiger partial charge is 0.325 e. The van der Waals surface area contributed by atoms with Crippen LogP contribution >= 0.6 is 12.4 Å². The van der Waals surface area contributed by atoms with Crippen molar-refractivity contribution in [1.82, 2.24) is 0 Å². The standard InChI is InChI=1S/C12H19N3O3S.ClH/c1-3-8-5-6-9(7-11(8)19(14,17)18)15-12(16)10(13)4-2;/h5-7,10H,3-4,13H2,1-2H3,(H,15,16)(H2,14,17,18);1H/t10-;/m0./s1. The number of rotatable bonds is 5. The van der Waals surface area contributed by atoms with Crippen LogP contribution in [0.1, 0.15) is 25.8 Å². The molecule has 1 rings (SSSR count). The molecule has 5 N–H and O–H groups in total. The number of hydrogen-bond acceptors (Lipinski definition) is 4. The summed E-state index contributed by atoms with van der Waals surface area (Å²) in [6.07, 6.45) is 1.04. The summed E-state index contributed by atoms with van der Waals surface area (Å²) in [6.45, 7) is 3.62. The van der Waals surface area contributed by atoms with Crippen LogP contribution in [0.3, 0.4) is 0 Å². The van der Waals surface area contributed by atoms with Gasteiger partial charge in [-0.05, 0) is 30.5 Å². The van der Waals surface area contributed by atoms with E-state index in [1.165, 1.54) is 6.07 Å². The normalized spacial score (nSPS) is 12.4. The fourth-order valence-corrected chi connectivity index (χ4v) is 2.48. The van der Waals surface area contributed by atoms with Gasteiger partial charge in [0.25, 0.3) is 0 Å². The fourth-order valence-electron chi connectivity index (χ4n) is 1.61. The predicted octanol–water partition coefficient (Wildman–Crippen LogP) is 0.994. The summed E-state index contributed by atoms with van der Waals surface area (Å²) in [6, 6.07) is 4.00. The van der Waals surface area contributed by atoms with E-state index in [4.69, 9.17) is 10.9 Å². The molecule has 6 nitrogen and oxygen atoms in total. The molecule has 0 aliphatic rings. The van der Waals surface area contributed by atoms with Crippen LogP contribution in [0, 0.1) is 0 Å². The molecule has 0 aliphatic heterocycles. The lowest BCUT2D eigenvalue weighted by Crippen LogP contribution is -2.34. The Labute approximate surface area is 125 Å². The zero-order chi connectivity index (χ0) is 14.6. The minimum Gasteiger partial charge on any atom is -0.325 e. The van der Waals surface area contributed by atoms with E-state index in [1.54, 1.807) is 19.1 Å². The quantitative estimate of drug-likeness (QED) is 0.750. The van der Waals surface area contributed by atoms with Crippen molar-refractivity contribution in [3.05, 3.63) is 23.8 Å². The number of amides is 1. The van der Waals surface area contributed by atoms with Crippen molar-refractivity contribution >= 4 is 34.0 Å². The molecule has 0 aliphatic carbocycles. The molecule has 114 valence electrons. The summed E-state index contributed by atoms with van der Waals surface area (Å²) in [5, 5.41) is 7.73. The van der Waals surface area contributed by atoms with Crippen LogP contribution in [0.5, 0.6) is 0 Å². The molecule has 0 spiro atoms. The second kappa shape index (κ2) is 7.58. The molecule has 0 saturated heterocycles. The number of nitrogens with one attached hydrogen (secondary N) is 1. The lowest BCUT2D eigenvalue weighted by Gasteiger charge is -2.12. The Balaban J connectivity index is 0.00000361. The van der Waals surface area contributed by atoms with Crippen LogP contribution in [0.2, 0.25) is 0 Å². The number of carbonyl (C=O) groups excluding carboxylic acids is 1. The maximum atomic E-state index is 11.6. The summed E-state index contributed by atoms with van der Waals surface area (Å²) in [4.78, 5) is 11.7. The van der Waals surface area contributed by atoms with E-state index in [0.29, 0.717) is 24.1 Å². The van der Waals surface area contributed by atoms with E-state index in [-0.39, 0.29) is 23.2 Å². The van der Waals surface area contributed by atoms with Gasteiger partial charge in [-0.25, -0.2) is 13.6 Å². The van der Waals surface area contributed by atoms with E-state index in [9.17, 15) is 13.2 Å². The Hall–Kier alpha value is -1.15. The van der Waals surface area contributed by atoms with Gasteiger partial charge >= 0.3 is 0 Å². The Bertz CT molecular complexity index is 575. The summed E-state index contributed by atoms with van der Waals surface area (Å²) in [5.74, 6) is -0.355. The van der Waals surface area contributed by atoms with Gasteiger partial charge in [0.1, 0.15) is 0 Å². The maximum Gasteiger partial charge on any atom is 0.241 e. The van der Waals surface area contributed by atoms with Crippen LogP contribution in [-0.4, -0.2) is 20.4 Å². The molecule has 0 saturated carbocycles. The number of nitrogens with two attached hydrogens (primary N) is 2. The van der Waals surface area contributed by atoms with E-state index >= 15 is 0 Å². The second-order valence-corrected chi connectivity index (χ2v) is 5.75. The van der Waals surface area contributed by atoms with E-state index in [1.807, 2.05) is 6.92 Å². The molecule has 1 amide bonds. The highest BCUT2D eigenvalue weighted by Crippen LogP contribution is 2.20. The smallest absolute Gasteiger partial charge is 0.241 e. The summed E-state index contributed by atoms with van der Waals surface area (Å²) in [5.41, 5.74) is 6.57. The van der Waals surface area contributed by atoms with Gasteiger partial charge < -0.3 is 11.1 Å². The van der Waals surface area contributed by atoms with Gasteiger partial charge in [0.05, 0.1) is 10.9 Å². The number of benzene rings is 1. The molecule has 0 heterocycles. The SMILES string of the molecule is CCc1ccc(NC(=O)[C@@H](N)CC)cc1S(N)(=O)=O.Cl. The Morgan fingerprint density at radius 3 is 2.40 bits per heavy atom. The van der Waals surface area contributed by atoms with Crippen LogP contribution in [0.4, 0.5) is 5.69 Å². The van der Waals surface area contributed by atoms with E-state index < -0.39 is 16.1 Å².